The van der Waals surface area contributed by atoms with Gasteiger partial charge in [0.05, 0.1) is 5.69 Å². The Morgan fingerprint density at radius 3 is 2.48 bits per heavy atom. The first-order chi connectivity index (χ1) is 12.0. The van der Waals surface area contributed by atoms with Gasteiger partial charge in [0.2, 0.25) is 0 Å². The van der Waals surface area contributed by atoms with Gasteiger partial charge in [-0.05, 0) is 80.5 Å². The minimum atomic E-state index is -0.853. The molecule has 1 aliphatic carbocycles. The number of hydrogen-bond acceptors (Lipinski definition) is 3. The van der Waals surface area contributed by atoms with Gasteiger partial charge in [-0.2, -0.15) is 0 Å². The number of halogens is 1. The zero-order valence-electron chi connectivity index (χ0n) is 14.8. The number of hydrogen-bond donors (Lipinski definition) is 1. The van der Waals surface area contributed by atoms with Crippen LogP contribution in [-0.4, -0.2) is 35.1 Å². The summed E-state index contributed by atoms with van der Waals surface area (Å²) in [5.74, 6) is -0.221. The van der Waals surface area contributed by atoms with Gasteiger partial charge >= 0.3 is 0 Å². The average molecular weight is 340 g/mol. The van der Waals surface area contributed by atoms with Crippen molar-refractivity contribution in [2.45, 2.75) is 44.1 Å². The number of piperidine rings is 1. The van der Waals surface area contributed by atoms with Gasteiger partial charge in [-0.25, -0.2) is 4.39 Å². The third-order valence-electron chi connectivity index (χ3n) is 5.75. The topological polar surface area (TPSA) is 36.4 Å². The van der Waals surface area contributed by atoms with E-state index in [1.165, 1.54) is 17.7 Å². The lowest BCUT2D eigenvalue weighted by Gasteiger charge is -2.37. The molecule has 3 nitrogen and oxygen atoms in total. The molecule has 1 aliphatic heterocycles. The Balaban J connectivity index is 1.81. The van der Waals surface area contributed by atoms with Gasteiger partial charge in [0.25, 0.3) is 0 Å². The molecule has 25 heavy (non-hydrogen) atoms. The summed E-state index contributed by atoms with van der Waals surface area (Å²) in [6, 6.07) is 8.75. The molecule has 1 aromatic heterocycles. The predicted molar refractivity (Wildman–Crippen MR) is 96.9 cm³/mol. The number of fused-ring (bicyclic) bond motifs is 1. The first-order valence-electron chi connectivity index (χ1n) is 9.25. The van der Waals surface area contributed by atoms with Crippen LogP contribution in [0.2, 0.25) is 0 Å². The molecule has 1 N–H and O–H groups in total. The van der Waals surface area contributed by atoms with Gasteiger partial charge in [-0.1, -0.05) is 12.1 Å². The second-order valence-corrected chi connectivity index (χ2v) is 7.53. The van der Waals surface area contributed by atoms with Crippen LogP contribution in [0.4, 0.5) is 4.39 Å². The van der Waals surface area contributed by atoms with Crippen LogP contribution < -0.4 is 0 Å². The molecule has 0 spiro atoms. The summed E-state index contributed by atoms with van der Waals surface area (Å²) >= 11 is 0. The predicted octanol–water partition coefficient (Wildman–Crippen LogP) is 3.68. The summed E-state index contributed by atoms with van der Waals surface area (Å²) in [5, 5.41) is 11.2. The highest BCUT2D eigenvalue weighted by Gasteiger charge is 2.35. The number of rotatable bonds is 2. The third-order valence-corrected chi connectivity index (χ3v) is 5.75. The number of likely N-dealkylation sites (tertiary alicyclic amines) is 1. The highest BCUT2D eigenvalue weighted by Crippen LogP contribution is 2.37. The van der Waals surface area contributed by atoms with E-state index < -0.39 is 5.60 Å². The van der Waals surface area contributed by atoms with Crippen molar-refractivity contribution >= 4 is 0 Å². The molecular formula is C21H25FN2O. The van der Waals surface area contributed by atoms with Crippen molar-refractivity contribution < 1.29 is 9.50 Å². The zero-order chi connectivity index (χ0) is 17.4. The molecule has 0 radical (unpaired) electrons. The van der Waals surface area contributed by atoms with Gasteiger partial charge in [-0.15, -0.1) is 0 Å². The molecule has 0 unspecified atom stereocenters. The molecule has 132 valence electrons. The van der Waals surface area contributed by atoms with E-state index in [2.05, 4.69) is 18.0 Å². The fourth-order valence-electron chi connectivity index (χ4n) is 4.07. The maximum atomic E-state index is 13.4. The summed E-state index contributed by atoms with van der Waals surface area (Å²) in [6.45, 7) is 1.75. The number of aryl methyl sites for hydroxylation is 1. The lowest BCUT2D eigenvalue weighted by molar-refractivity contribution is -0.0240. The van der Waals surface area contributed by atoms with E-state index in [1.54, 1.807) is 0 Å². The SMILES string of the molecule is CN1CCC(O)(c2cc(-c3ccc(F)cc3)c3c(n2)CCCC3)CC1. The Hall–Kier alpha value is -1.78. The molecule has 2 heterocycles. The summed E-state index contributed by atoms with van der Waals surface area (Å²) in [4.78, 5) is 7.14. The fourth-order valence-corrected chi connectivity index (χ4v) is 4.07. The van der Waals surface area contributed by atoms with Crippen molar-refractivity contribution in [2.24, 2.45) is 0 Å². The van der Waals surface area contributed by atoms with Crippen molar-refractivity contribution in [1.82, 2.24) is 9.88 Å². The molecule has 2 aromatic rings. The molecule has 0 bridgehead atoms. The van der Waals surface area contributed by atoms with E-state index in [-0.39, 0.29) is 5.82 Å². The van der Waals surface area contributed by atoms with Gasteiger partial charge in [0, 0.05) is 18.8 Å². The van der Waals surface area contributed by atoms with Crippen LogP contribution in [-0.2, 0) is 18.4 Å². The van der Waals surface area contributed by atoms with E-state index in [4.69, 9.17) is 4.98 Å². The molecule has 4 rings (SSSR count). The van der Waals surface area contributed by atoms with Crippen molar-refractivity contribution in [3.05, 3.63) is 53.1 Å². The molecule has 1 aromatic carbocycles. The van der Waals surface area contributed by atoms with Crippen LogP contribution in [0, 0.1) is 5.82 Å². The zero-order valence-corrected chi connectivity index (χ0v) is 14.8. The summed E-state index contributed by atoms with van der Waals surface area (Å²) in [5.41, 5.74) is 4.47. The minimum absolute atomic E-state index is 0.221. The molecular weight excluding hydrogens is 315 g/mol. The van der Waals surface area contributed by atoms with Crippen molar-refractivity contribution in [3.8, 4) is 11.1 Å². The lowest BCUT2D eigenvalue weighted by Crippen LogP contribution is -2.41. The van der Waals surface area contributed by atoms with Crippen LogP contribution >= 0.6 is 0 Å². The van der Waals surface area contributed by atoms with Crippen LogP contribution in [0.3, 0.4) is 0 Å². The van der Waals surface area contributed by atoms with Gasteiger partial charge < -0.3 is 10.0 Å². The molecule has 2 aliphatic rings. The van der Waals surface area contributed by atoms with Gasteiger partial charge in [0.1, 0.15) is 11.4 Å². The Morgan fingerprint density at radius 2 is 1.76 bits per heavy atom. The second kappa shape index (κ2) is 6.50. The van der Waals surface area contributed by atoms with Gasteiger partial charge in [-0.3, -0.25) is 4.98 Å². The molecule has 0 amide bonds. The molecule has 0 saturated carbocycles. The van der Waals surface area contributed by atoms with Crippen molar-refractivity contribution in [2.75, 3.05) is 20.1 Å². The number of pyridine rings is 1. The smallest absolute Gasteiger partial charge is 0.123 e. The van der Waals surface area contributed by atoms with E-state index >= 15 is 0 Å². The number of aromatic nitrogens is 1. The summed E-state index contributed by atoms with van der Waals surface area (Å²) in [7, 11) is 2.09. The van der Waals surface area contributed by atoms with E-state index in [0.717, 1.165) is 61.3 Å². The first-order valence-corrected chi connectivity index (χ1v) is 9.25. The third kappa shape index (κ3) is 3.21. The normalized spacial score (nSPS) is 20.3. The summed E-state index contributed by atoms with van der Waals surface area (Å²) < 4.78 is 13.4. The molecule has 1 saturated heterocycles. The Bertz CT molecular complexity index is 764. The van der Waals surface area contributed by atoms with Crippen LogP contribution in [0.5, 0.6) is 0 Å². The Labute approximate surface area is 148 Å². The first kappa shape index (κ1) is 16.7. The number of nitrogens with zero attached hydrogens (tertiary/aromatic N) is 2. The van der Waals surface area contributed by atoms with E-state index in [9.17, 15) is 9.50 Å². The molecule has 4 heteroatoms. The van der Waals surface area contributed by atoms with Crippen molar-refractivity contribution in [3.63, 3.8) is 0 Å². The maximum Gasteiger partial charge on any atom is 0.123 e. The lowest BCUT2D eigenvalue weighted by atomic mass is 9.83. The van der Waals surface area contributed by atoms with Crippen LogP contribution in [0.25, 0.3) is 11.1 Å². The Kier molecular flexibility index (Phi) is 4.34. The molecule has 1 fully saturated rings. The van der Waals surface area contributed by atoms with Crippen molar-refractivity contribution in [1.29, 1.82) is 0 Å². The fraction of sp³-hybridized carbons (Fsp3) is 0.476. The van der Waals surface area contributed by atoms with E-state index in [0.29, 0.717) is 12.8 Å². The van der Waals surface area contributed by atoms with Crippen LogP contribution in [0.15, 0.2) is 30.3 Å². The maximum absolute atomic E-state index is 13.4. The van der Waals surface area contributed by atoms with Gasteiger partial charge in [0.15, 0.2) is 0 Å². The number of benzene rings is 1. The van der Waals surface area contributed by atoms with Crippen LogP contribution in [0.1, 0.15) is 42.6 Å². The minimum Gasteiger partial charge on any atom is -0.383 e. The monoisotopic (exact) mass is 340 g/mol. The number of aliphatic hydroxyl groups is 1. The average Bonchev–Trinajstić information content (AvgIpc) is 2.64. The summed E-state index contributed by atoms with van der Waals surface area (Å²) in [6.07, 6.45) is 5.70. The Morgan fingerprint density at radius 1 is 1.08 bits per heavy atom. The highest BCUT2D eigenvalue weighted by atomic mass is 19.1. The standard InChI is InChI=1S/C21H25FN2O/c1-24-12-10-21(25,11-13-24)20-14-18(15-6-8-16(22)9-7-15)17-4-2-3-5-19(17)23-20/h6-9,14,25H,2-5,10-13H2,1H3. The second-order valence-electron chi connectivity index (χ2n) is 7.53. The largest absolute Gasteiger partial charge is 0.383 e. The quantitative estimate of drug-likeness (QED) is 0.906. The molecule has 0 atom stereocenters. The van der Waals surface area contributed by atoms with E-state index in [1.807, 2.05) is 12.1 Å². The highest BCUT2D eigenvalue weighted by molar-refractivity contribution is 5.69.